The quantitative estimate of drug-likeness (QED) is 0.779. The number of aryl methyl sites for hydroxylation is 2. The van der Waals surface area contributed by atoms with Gasteiger partial charge >= 0.3 is 0 Å². The van der Waals surface area contributed by atoms with Crippen molar-refractivity contribution < 1.29 is 5.11 Å². The van der Waals surface area contributed by atoms with Gasteiger partial charge < -0.3 is 5.11 Å². The summed E-state index contributed by atoms with van der Waals surface area (Å²) in [7, 11) is 0. The van der Waals surface area contributed by atoms with Crippen LogP contribution in [0.25, 0.3) is 0 Å². The molecule has 0 saturated carbocycles. The smallest absolute Gasteiger partial charge is 0.0868 e. The summed E-state index contributed by atoms with van der Waals surface area (Å²) in [6, 6.07) is 6.27. The van der Waals surface area contributed by atoms with Gasteiger partial charge in [-0.3, -0.25) is 0 Å². The Labute approximate surface area is 86.8 Å². The summed E-state index contributed by atoms with van der Waals surface area (Å²) in [6.45, 7) is 8.12. The van der Waals surface area contributed by atoms with Crippen LogP contribution in [0, 0.1) is 13.8 Å². The highest BCUT2D eigenvalue weighted by Crippen LogP contribution is 2.27. The lowest BCUT2D eigenvalue weighted by atomic mass is 9.89. The van der Waals surface area contributed by atoms with Gasteiger partial charge in [0.2, 0.25) is 0 Å². The Morgan fingerprint density at radius 1 is 1.14 bits per heavy atom. The minimum Gasteiger partial charge on any atom is -0.385 e. The van der Waals surface area contributed by atoms with Gasteiger partial charge in [-0.25, -0.2) is 0 Å². The van der Waals surface area contributed by atoms with Crippen LogP contribution in [0.15, 0.2) is 18.2 Å². The predicted molar refractivity (Wildman–Crippen MR) is 60.4 cm³/mol. The lowest BCUT2D eigenvalue weighted by molar-refractivity contribution is 0.0468. The third-order valence-corrected chi connectivity index (χ3v) is 2.58. The van der Waals surface area contributed by atoms with Gasteiger partial charge in [0.15, 0.2) is 0 Å². The molecule has 78 valence electrons. The zero-order valence-corrected chi connectivity index (χ0v) is 9.59. The zero-order valence-electron chi connectivity index (χ0n) is 9.59. The molecular formula is C13H20O. The molecule has 1 aromatic carbocycles. The maximum atomic E-state index is 10.2. The number of hydrogen-bond donors (Lipinski definition) is 1. The summed E-state index contributed by atoms with van der Waals surface area (Å²) >= 11 is 0. The second kappa shape index (κ2) is 4.14. The molecule has 1 nitrogen and oxygen atoms in total. The van der Waals surface area contributed by atoms with Crippen LogP contribution in [0.1, 0.15) is 43.4 Å². The first kappa shape index (κ1) is 11.3. The molecule has 0 aromatic heterocycles. The summed E-state index contributed by atoms with van der Waals surface area (Å²) in [6.07, 6.45) is 1.82. The summed E-state index contributed by atoms with van der Waals surface area (Å²) in [5.74, 6) is 0. The maximum absolute atomic E-state index is 10.2. The summed E-state index contributed by atoms with van der Waals surface area (Å²) in [5, 5.41) is 10.2. The van der Waals surface area contributed by atoms with Gasteiger partial charge in [-0.05, 0) is 32.8 Å². The van der Waals surface area contributed by atoms with Crippen molar-refractivity contribution in [1.29, 1.82) is 0 Å². The van der Waals surface area contributed by atoms with Crippen molar-refractivity contribution in [1.82, 2.24) is 0 Å². The van der Waals surface area contributed by atoms with E-state index in [2.05, 4.69) is 39.0 Å². The predicted octanol–water partition coefficient (Wildman–Crippen LogP) is 3.31. The van der Waals surface area contributed by atoms with Gasteiger partial charge in [0.25, 0.3) is 0 Å². The van der Waals surface area contributed by atoms with Crippen LogP contribution in [-0.2, 0) is 5.60 Å². The molecule has 14 heavy (non-hydrogen) atoms. The molecule has 0 radical (unpaired) electrons. The fraction of sp³-hybridized carbons (Fsp3) is 0.538. The van der Waals surface area contributed by atoms with Crippen LogP contribution in [0.5, 0.6) is 0 Å². The highest BCUT2D eigenvalue weighted by Gasteiger charge is 2.21. The van der Waals surface area contributed by atoms with Gasteiger partial charge in [0.05, 0.1) is 5.60 Å². The van der Waals surface area contributed by atoms with Crippen LogP contribution < -0.4 is 0 Å². The van der Waals surface area contributed by atoms with Crippen molar-refractivity contribution in [2.45, 2.75) is 46.1 Å². The Hall–Kier alpha value is -0.820. The average Bonchev–Trinajstić information content (AvgIpc) is 2.02. The molecule has 0 fully saturated rings. The van der Waals surface area contributed by atoms with Gasteiger partial charge in [0, 0.05) is 0 Å². The van der Waals surface area contributed by atoms with Gasteiger partial charge in [0.1, 0.15) is 0 Å². The number of aliphatic hydroxyl groups is 1. The van der Waals surface area contributed by atoms with E-state index in [0.29, 0.717) is 0 Å². The number of rotatable bonds is 3. The molecule has 1 aromatic rings. The fourth-order valence-electron chi connectivity index (χ4n) is 1.92. The fourth-order valence-corrected chi connectivity index (χ4v) is 1.92. The lowest BCUT2D eigenvalue weighted by Gasteiger charge is -2.24. The zero-order chi connectivity index (χ0) is 10.8. The molecule has 0 heterocycles. The first-order chi connectivity index (χ1) is 6.45. The molecule has 0 amide bonds. The van der Waals surface area contributed by atoms with Crippen molar-refractivity contribution in [3.05, 3.63) is 34.9 Å². The van der Waals surface area contributed by atoms with Crippen LogP contribution in [0.4, 0.5) is 0 Å². The molecule has 0 saturated heterocycles. The van der Waals surface area contributed by atoms with Crippen molar-refractivity contribution in [2.75, 3.05) is 0 Å². The Bertz CT molecular complexity index is 293. The van der Waals surface area contributed by atoms with E-state index in [1.807, 2.05) is 6.92 Å². The van der Waals surface area contributed by atoms with E-state index < -0.39 is 5.60 Å². The third-order valence-electron chi connectivity index (χ3n) is 2.58. The second-order valence-corrected chi connectivity index (χ2v) is 4.40. The lowest BCUT2D eigenvalue weighted by Crippen LogP contribution is -2.20. The molecule has 1 rings (SSSR count). The van der Waals surface area contributed by atoms with Crippen LogP contribution in [-0.4, -0.2) is 5.11 Å². The van der Waals surface area contributed by atoms with Crippen LogP contribution in [0.3, 0.4) is 0 Å². The van der Waals surface area contributed by atoms with Crippen LogP contribution in [0.2, 0.25) is 0 Å². The SMILES string of the molecule is CCC[C@@](C)(O)c1cc(C)cc(C)c1. The minimum absolute atomic E-state index is 0.675. The summed E-state index contributed by atoms with van der Waals surface area (Å²) < 4.78 is 0. The van der Waals surface area contributed by atoms with Crippen molar-refractivity contribution in [3.63, 3.8) is 0 Å². The minimum atomic E-state index is -0.675. The molecule has 1 atom stereocenters. The van der Waals surface area contributed by atoms with E-state index >= 15 is 0 Å². The van der Waals surface area contributed by atoms with Crippen molar-refractivity contribution >= 4 is 0 Å². The molecule has 0 bridgehead atoms. The molecule has 0 aliphatic carbocycles. The second-order valence-electron chi connectivity index (χ2n) is 4.40. The van der Waals surface area contributed by atoms with Crippen molar-refractivity contribution in [3.8, 4) is 0 Å². The highest BCUT2D eigenvalue weighted by atomic mass is 16.3. The molecule has 1 N–H and O–H groups in total. The van der Waals surface area contributed by atoms with E-state index in [1.54, 1.807) is 0 Å². The van der Waals surface area contributed by atoms with E-state index in [0.717, 1.165) is 18.4 Å². The third kappa shape index (κ3) is 2.58. The Kier molecular flexibility index (Phi) is 3.33. The Morgan fingerprint density at radius 2 is 1.64 bits per heavy atom. The average molecular weight is 192 g/mol. The Morgan fingerprint density at radius 3 is 2.07 bits per heavy atom. The molecular weight excluding hydrogens is 172 g/mol. The van der Waals surface area contributed by atoms with Gasteiger partial charge in [-0.15, -0.1) is 0 Å². The molecule has 1 heteroatoms. The number of hydrogen-bond acceptors (Lipinski definition) is 1. The maximum Gasteiger partial charge on any atom is 0.0868 e. The van der Waals surface area contributed by atoms with E-state index in [-0.39, 0.29) is 0 Å². The normalized spacial score (nSPS) is 15.2. The van der Waals surface area contributed by atoms with E-state index in [4.69, 9.17) is 0 Å². The summed E-state index contributed by atoms with van der Waals surface area (Å²) in [5.41, 5.74) is 2.80. The topological polar surface area (TPSA) is 20.2 Å². The van der Waals surface area contributed by atoms with E-state index in [1.165, 1.54) is 11.1 Å². The van der Waals surface area contributed by atoms with Gasteiger partial charge in [-0.2, -0.15) is 0 Å². The largest absolute Gasteiger partial charge is 0.385 e. The molecule has 0 aliphatic heterocycles. The summed E-state index contributed by atoms with van der Waals surface area (Å²) in [4.78, 5) is 0. The monoisotopic (exact) mass is 192 g/mol. The standard InChI is InChI=1S/C13H20O/c1-5-6-13(4,14)12-8-10(2)7-11(3)9-12/h7-9,14H,5-6H2,1-4H3/t13-/m1/s1. The molecule has 0 spiro atoms. The van der Waals surface area contributed by atoms with E-state index in [9.17, 15) is 5.11 Å². The van der Waals surface area contributed by atoms with Crippen LogP contribution >= 0.6 is 0 Å². The number of benzene rings is 1. The van der Waals surface area contributed by atoms with Gasteiger partial charge in [-0.1, -0.05) is 42.7 Å². The molecule has 0 aliphatic rings. The first-order valence-corrected chi connectivity index (χ1v) is 5.27. The molecule has 0 unspecified atom stereocenters. The Balaban J connectivity index is 3.05. The first-order valence-electron chi connectivity index (χ1n) is 5.27. The highest BCUT2D eigenvalue weighted by molar-refractivity contribution is 5.32. The van der Waals surface area contributed by atoms with Crippen molar-refractivity contribution in [2.24, 2.45) is 0 Å².